The first-order valence-electron chi connectivity index (χ1n) is 8.19. The molecule has 1 aromatic rings. The quantitative estimate of drug-likeness (QED) is 0.838. The van der Waals surface area contributed by atoms with Crippen LogP contribution in [0.2, 0.25) is 0 Å². The van der Waals surface area contributed by atoms with E-state index in [0.717, 1.165) is 12.8 Å². The number of carbonyl (C=O) groups excluding carboxylic acids is 2. The molecule has 0 heterocycles. The lowest BCUT2D eigenvalue weighted by Crippen LogP contribution is -2.40. The molecule has 1 aliphatic carbocycles. The largest absolute Gasteiger partial charge is 0.484 e. The number of amides is 2. The first-order chi connectivity index (χ1) is 11.0. The topological polar surface area (TPSA) is 49.9 Å². The summed E-state index contributed by atoms with van der Waals surface area (Å²) in [4.78, 5) is 27.4. The first kappa shape index (κ1) is 17.3. The Kier molecular flexibility index (Phi) is 6.02. The zero-order chi connectivity index (χ0) is 16.8. The molecule has 1 fully saturated rings. The molecule has 0 atom stereocenters. The average Bonchev–Trinajstić information content (AvgIpc) is 2.59. The van der Waals surface area contributed by atoms with E-state index < -0.39 is 0 Å². The van der Waals surface area contributed by atoms with Gasteiger partial charge in [-0.25, -0.2) is 0 Å². The Balaban J connectivity index is 1.85. The van der Waals surface area contributed by atoms with Crippen LogP contribution in [0.4, 0.5) is 0 Å². The molecule has 1 saturated carbocycles. The summed E-state index contributed by atoms with van der Waals surface area (Å²) in [5, 5.41) is 0. The summed E-state index contributed by atoms with van der Waals surface area (Å²) in [7, 11) is 5.29. The fraction of sp³-hybridized carbons (Fsp3) is 0.556. The third-order valence-electron chi connectivity index (χ3n) is 4.39. The number of hydrogen-bond acceptors (Lipinski definition) is 3. The molecule has 0 radical (unpaired) electrons. The van der Waals surface area contributed by atoms with Gasteiger partial charge in [0.15, 0.2) is 6.61 Å². The van der Waals surface area contributed by atoms with Gasteiger partial charge in [0.05, 0.1) is 0 Å². The first-order valence-corrected chi connectivity index (χ1v) is 8.19. The van der Waals surface area contributed by atoms with Gasteiger partial charge >= 0.3 is 0 Å². The summed E-state index contributed by atoms with van der Waals surface area (Å²) < 4.78 is 5.56. The van der Waals surface area contributed by atoms with Crippen molar-refractivity contribution in [3.63, 3.8) is 0 Å². The van der Waals surface area contributed by atoms with Crippen LogP contribution in [-0.4, -0.2) is 55.4 Å². The molecule has 2 amide bonds. The van der Waals surface area contributed by atoms with E-state index in [0.29, 0.717) is 17.4 Å². The molecule has 23 heavy (non-hydrogen) atoms. The molecule has 0 aromatic heterocycles. The smallest absolute Gasteiger partial charge is 0.260 e. The molecule has 0 bridgehead atoms. The van der Waals surface area contributed by atoms with Gasteiger partial charge in [-0.15, -0.1) is 0 Å². The highest BCUT2D eigenvalue weighted by Crippen LogP contribution is 2.22. The summed E-state index contributed by atoms with van der Waals surface area (Å²) >= 11 is 0. The molecule has 0 saturated heterocycles. The third-order valence-corrected chi connectivity index (χ3v) is 4.39. The van der Waals surface area contributed by atoms with Crippen LogP contribution in [0.1, 0.15) is 42.5 Å². The Labute approximate surface area is 138 Å². The Morgan fingerprint density at radius 1 is 1.04 bits per heavy atom. The fourth-order valence-electron chi connectivity index (χ4n) is 2.87. The van der Waals surface area contributed by atoms with Gasteiger partial charge in [-0.1, -0.05) is 19.3 Å². The molecule has 5 nitrogen and oxygen atoms in total. The van der Waals surface area contributed by atoms with Gasteiger partial charge in [0, 0.05) is 32.7 Å². The Morgan fingerprint density at radius 2 is 1.65 bits per heavy atom. The van der Waals surface area contributed by atoms with Gasteiger partial charge in [-0.2, -0.15) is 0 Å². The second-order valence-corrected chi connectivity index (χ2v) is 6.31. The van der Waals surface area contributed by atoms with Gasteiger partial charge in [-0.3, -0.25) is 9.59 Å². The van der Waals surface area contributed by atoms with Crippen molar-refractivity contribution < 1.29 is 14.3 Å². The Morgan fingerprint density at radius 3 is 2.22 bits per heavy atom. The molecule has 0 N–H and O–H groups in total. The zero-order valence-corrected chi connectivity index (χ0v) is 14.2. The van der Waals surface area contributed by atoms with Crippen molar-refractivity contribution in [3.8, 4) is 5.75 Å². The lowest BCUT2D eigenvalue weighted by Gasteiger charge is -2.31. The molecule has 2 rings (SSSR count). The van der Waals surface area contributed by atoms with Crippen LogP contribution in [0.3, 0.4) is 0 Å². The van der Waals surface area contributed by atoms with Crippen molar-refractivity contribution in [2.24, 2.45) is 0 Å². The van der Waals surface area contributed by atoms with Crippen molar-refractivity contribution in [3.05, 3.63) is 29.8 Å². The summed E-state index contributed by atoms with van der Waals surface area (Å²) in [6.07, 6.45) is 5.84. The minimum absolute atomic E-state index is 0.00495. The minimum Gasteiger partial charge on any atom is -0.484 e. The van der Waals surface area contributed by atoms with Crippen LogP contribution in [0.15, 0.2) is 24.3 Å². The minimum atomic E-state index is -0.0512. The molecular weight excluding hydrogens is 292 g/mol. The van der Waals surface area contributed by atoms with E-state index in [1.807, 2.05) is 11.9 Å². The summed E-state index contributed by atoms with van der Waals surface area (Å²) in [5.74, 6) is 0.556. The van der Waals surface area contributed by atoms with Crippen LogP contribution in [0.5, 0.6) is 5.75 Å². The molecule has 1 aromatic carbocycles. The van der Waals surface area contributed by atoms with Crippen molar-refractivity contribution in [1.82, 2.24) is 9.80 Å². The Bertz CT molecular complexity index is 534. The maximum absolute atomic E-state index is 12.2. The summed E-state index contributed by atoms with van der Waals surface area (Å²) in [6, 6.07) is 7.23. The molecule has 126 valence electrons. The number of likely N-dealkylation sites (N-methyl/N-ethyl adjacent to an activating group) is 1. The number of carbonyl (C=O) groups is 2. The van der Waals surface area contributed by atoms with Gasteiger partial charge in [-0.05, 0) is 37.1 Å². The van der Waals surface area contributed by atoms with E-state index in [4.69, 9.17) is 4.74 Å². The van der Waals surface area contributed by atoms with Crippen LogP contribution in [-0.2, 0) is 4.79 Å². The molecule has 0 spiro atoms. The normalized spacial score (nSPS) is 15.1. The predicted octanol–water partition coefficient (Wildman–Crippen LogP) is 2.56. The maximum Gasteiger partial charge on any atom is 0.260 e. The summed E-state index contributed by atoms with van der Waals surface area (Å²) in [5.41, 5.74) is 0.605. The lowest BCUT2D eigenvalue weighted by atomic mass is 9.94. The van der Waals surface area contributed by atoms with E-state index >= 15 is 0 Å². The van der Waals surface area contributed by atoms with Gasteiger partial charge < -0.3 is 14.5 Å². The fourth-order valence-corrected chi connectivity index (χ4v) is 2.87. The zero-order valence-electron chi connectivity index (χ0n) is 14.2. The number of rotatable bonds is 5. The van der Waals surface area contributed by atoms with Crippen molar-refractivity contribution in [1.29, 1.82) is 0 Å². The second-order valence-electron chi connectivity index (χ2n) is 6.31. The molecule has 5 heteroatoms. The van der Waals surface area contributed by atoms with E-state index in [-0.39, 0.29) is 18.4 Å². The van der Waals surface area contributed by atoms with Crippen LogP contribution < -0.4 is 4.74 Å². The summed E-state index contributed by atoms with van der Waals surface area (Å²) in [6.45, 7) is 0.0357. The Hall–Kier alpha value is -2.04. The monoisotopic (exact) mass is 318 g/mol. The standard InChI is InChI=1S/C18H26N2O3/c1-19(2)18(22)14-9-11-16(12-10-14)23-13-17(21)20(3)15-7-5-4-6-8-15/h9-12,15H,4-8,13H2,1-3H3. The van der Waals surface area contributed by atoms with E-state index in [9.17, 15) is 9.59 Å². The van der Waals surface area contributed by atoms with E-state index in [1.165, 1.54) is 24.2 Å². The molecule has 0 aliphatic heterocycles. The van der Waals surface area contributed by atoms with Crippen LogP contribution >= 0.6 is 0 Å². The van der Waals surface area contributed by atoms with Gasteiger partial charge in [0.1, 0.15) is 5.75 Å². The number of benzene rings is 1. The number of nitrogens with zero attached hydrogens (tertiary/aromatic N) is 2. The highest BCUT2D eigenvalue weighted by Gasteiger charge is 2.22. The third kappa shape index (κ3) is 4.71. The highest BCUT2D eigenvalue weighted by molar-refractivity contribution is 5.93. The molecule has 0 unspecified atom stereocenters. The van der Waals surface area contributed by atoms with Gasteiger partial charge in [0.2, 0.25) is 0 Å². The lowest BCUT2D eigenvalue weighted by molar-refractivity contribution is -0.134. The van der Waals surface area contributed by atoms with Crippen molar-refractivity contribution in [2.75, 3.05) is 27.7 Å². The van der Waals surface area contributed by atoms with Crippen molar-refractivity contribution >= 4 is 11.8 Å². The van der Waals surface area contributed by atoms with Crippen molar-refractivity contribution in [2.45, 2.75) is 38.1 Å². The van der Waals surface area contributed by atoms with E-state index in [1.54, 1.807) is 38.4 Å². The van der Waals surface area contributed by atoms with Gasteiger partial charge in [0.25, 0.3) is 11.8 Å². The average molecular weight is 318 g/mol. The second kappa shape index (κ2) is 7.99. The SMILES string of the molecule is CN(C)C(=O)c1ccc(OCC(=O)N(C)C2CCCCC2)cc1. The maximum atomic E-state index is 12.2. The predicted molar refractivity (Wildman–Crippen MR) is 89.6 cm³/mol. The molecular formula is C18H26N2O3. The number of ether oxygens (including phenoxy) is 1. The molecule has 1 aliphatic rings. The van der Waals surface area contributed by atoms with Crippen LogP contribution in [0, 0.1) is 0 Å². The van der Waals surface area contributed by atoms with E-state index in [2.05, 4.69) is 0 Å². The van der Waals surface area contributed by atoms with Crippen LogP contribution in [0.25, 0.3) is 0 Å². The number of hydrogen-bond donors (Lipinski definition) is 0. The highest BCUT2D eigenvalue weighted by atomic mass is 16.5.